The van der Waals surface area contributed by atoms with E-state index < -0.39 is 11.7 Å². The van der Waals surface area contributed by atoms with Gasteiger partial charge in [-0.05, 0) is 48.5 Å². The Bertz CT molecular complexity index is 788. The first-order chi connectivity index (χ1) is 13.0. The van der Waals surface area contributed by atoms with E-state index >= 15 is 0 Å². The molecule has 0 unspecified atom stereocenters. The van der Waals surface area contributed by atoms with E-state index in [0.29, 0.717) is 13.1 Å². The van der Waals surface area contributed by atoms with Crippen molar-refractivity contribution in [3.05, 3.63) is 65.7 Å². The Kier molecular flexibility index (Phi) is 5.97. The van der Waals surface area contributed by atoms with Gasteiger partial charge in [0.05, 0.1) is 6.54 Å². The number of halogens is 2. The number of carbonyl (C=O) groups excluding carboxylic acids is 2. The molecule has 2 N–H and O–H groups in total. The monoisotopic (exact) mass is 374 g/mol. The highest BCUT2D eigenvalue weighted by Crippen LogP contribution is 2.16. The van der Waals surface area contributed by atoms with Crippen LogP contribution in [0.25, 0.3) is 0 Å². The first kappa shape index (κ1) is 18.8. The fourth-order valence-electron chi connectivity index (χ4n) is 2.86. The summed E-state index contributed by atoms with van der Waals surface area (Å²) in [5.41, 5.74) is 5.88. The van der Waals surface area contributed by atoms with Gasteiger partial charge in [0.15, 0.2) is 0 Å². The number of amides is 2. The predicted octanol–water partition coefficient (Wildman–Crippen LogP) is 1.55. The number of rotatable bonds is 4. The van der Waals surface area contributed by atoms with E-state index in [0.717, 1.165) is 18.8 Å². The zero-order valence-electron chi connectivity index (χ0n) is 14.6. The number of nitrogens with one attached hydrogen (secondary N) is 2. The molecule has 0 bridgehead atoms. The highest BCUT2D eigenvalue weighted by molar-refractivity contribution is 5.95. The van der Waals surface area contributed by atoms with E-state index in [1.807, 2.05) is 4.90 Å². The van der Waals surface area contributed by atoms with E-state index in [1.54, 1.807) is 12.1 Å². The molecule has 1 saturated heterocycles. The van der Waals surface area contributed by atoms with Gasteiger partial charge in [0.25, 0.3) is 11.8 Å². The Hall–Kier alpha value is -3.00. The molecule has 0 spiro atoms. The minimum atomic E-state index is -0.510. The summed E-state index contributed by atoms with van der Waals surface area (Å²) in [6.45, 7) is 2.95. The van der Waals surface area contributed by atoms with E-state index in [2.05, 4.69) is 15.8 Å². The van der Waals surface area contributed by atoms with Crippen molar-refractivity contribution in [1.82, 2.24) is 15.8 Å². The second kappa shape index (κ2) is 8.59. The summed E-state index contributed by atoms with van der Waals surface area (Å²) in [4.78, 5) is 28.0. The molecule has 6 nitrogen and oxygen atoms in total. The van der Waals surface area contributed by atoms with E-state index in [4.69, 9.17) is 0 Å². The molecule has 8 heteroatoms. The molecule has 1 aliphatic heterocycles. The number of hydrogen-bond donors (Lipinski definition) is 2. The van der Waals surface area contributed by atoms with Gasteiger partial charge in [0.2, 0.25) is 0 Å². The molecule has 142 valence electrons. The number of hydrogen-bond acceptors (Lipinski definition) is 4. The highest BCUT2D eigenvalue weighted by Gasteiger charge is 2.19. The van der Waals surface area contributed by atoms with Crippen molar-refractivity contribution >= 4 is 17.5 Å². The van der Waals surface area contributed by atoms with Gasteiger partial charge in [0, 0.05) is 37.4 Å². The molecule has 2 aromatic rings. The first-order valence-electron chi connectivity index (χ1n) is 8.59. The Labute approximate surface area is 155 Å². The number of benzene rings is 2. The molecular weight excluding hydrogens is 354 g/mol. The van der Waals surface area contributed by atoms with Crippen LogP contribution in [0.4, 0.5) is 14.5 Å². The number of piperazine rings is 1. The third-order valence-corrected chi connectivity index (χ3v) is 4.35. The van der Waals surface area contributed by atoms with Crippen molar-refractivity contribution < 1.29 is 18.4 Å². The maximum absolute atomic E-state index is 13.0. The maximum atomic E-state index is 13.0. The molecule has 0 aromatic heterocycles. The molecule has 0 atom stereocenters. The van der Waals surface area contributed by atoms with Crippen LogP contribution in [0.5, 0.6) is 0 Å². The molecule has 0 radical (unpaired) electrons. The lowest BCUT2D eigenvalue weighted by molar-refractivity contribution is -0.123. The third kappa shape index (κ3) is 5.24. The van der Waals surface area contributed by atoms with Gasteiger partial charge in [-0.3, -0.25) is 25.3 Å². The second-order valence-corrected chi connectivity index (χ2v) is 6.25. The Morgan fingerprint density at radius 3 is 1.96 bits per heavy atom. The minimum absolute atomic E-state index is 0.154. The summed E-state index contributed by atoms with van der Waals surface area (Å²) in [5, 5.41) is 0. The highest BCUT2D eigenvalue weighted by atomic mass is 19.1. The number of carbonyl (C=O) groups is 2. The number of anilines is 1. The van der Waals surface area contributed by atoms with Crippen molar-refractivity contribution in [2.75, 3.05) is 37.6 Å². The smallest absolute Gasteiger partial charge is 0.269 e. The fourth-order valence-corrected chi connectivity index (χ4v) is 2.86. The normalized spacial score (nSPS) is 14.7. The SMILES string of the molecule is O=C(CN1CCN(c2ccc(F)cc2)CC1)NNC(=O)c1ccc(F)cc1. The van der Waals surface area contributed by atoms with Crippen LogP contribution < -0.4 is 15.8 Å². The van der Waals surface area contributed by atoms with Crippen LogP contribution in [0, 0.1) is 11.6 Å². The van der Waals surface area contributed by atoms with E-state index in [1.165, 1.54) is 36.4 Å². The van der Waals surface area contributed by atoms with Crippen molar-refractivity contribution in [3.63, 3.8) is 0 Å². The van der Waals surface area contributed by atoms with Crippen LogP contribution in [-0.2, 0) is 4.79 Å². The van der Waals surface area contributed by atoms with Crippen molar-refractivity contribution in [3.8, 4) is 0 Å². The van der Waals surface area contributed by atoms with Crippen LogP contribution in [0.1, 0.15) is 10.4 Å². The summed E-state index contributed by atoms with van der Waals surface area (Å²) in [6, 6.07) is 11.4. The van der Waals surface area contributed by atoms with Gasteiger partial charge >= 0.3 is 0 Å². The Morgan fingerprint density at radius 1 is 0.815 bits per heavy atom. The zero-order chi connectivity index (χ0) is 19.2. The molecule has 3 rings (SSSR count). The standard InChI is InChI=1S/C19H20F2N4O2/c20-15-3-1-14(2-4-15)19(27)23-22-18(26)13-24-9-11-25(12-10-24)17-7-5-16(21)6-8-17/h1-8H,9-13H2,(H,22,26)(H,23,27). The Balaban J connectivity index is 1.41. The molecule has 0 saturated carbocycles. The zero-order valence-corrected chi connectivity index (χ0v) is 14.6. The molecule has 2 aromatic carbocycles. The van der Waals surface area contributed by atoms with Crippen LogP contribution in [0.2, 0.25) is 0 Å². The largest absolute Gasteiger partial charge is 0.369 e. The van der Waals surface area contributed by atoms with Gasteiger partial charge in [-0.2, -0.15) is 0 Å². The topological polar surface area (TPSA) is 64.7 Å². The summed E-state index contributed by atoms with van der Waals surface area (Å²) >= 11 is 0. The summed E-state index contributed by atoms with van der Waals surface area (Å²) in [7, 11) is 0. The molecule has 27 heavy (non-hydrogen) atoms. The molecule has 2 amide bonds. The second-order valence-electron chi connectivity index (χ2n) is 6.25. The van der Waals surface area contributed by atoms with Crippen LogP contribution in [0.15, 0.2) is 48.5 Å². The molecular formula is C19H20F2N4O2. The lowest BCUT2D eigenvalue weighted by Crippen LogP contribution is -2.52. The molecule has 1 aliphatic rings. The van der Waals surface area contributed by atoms with E-state index in [9.17, 15) is 18.4 Å². The van der Waals surface area contributed by atoms with Crippen molar-refractivity contribution in [2.24, 2.45) is 0 Å². The third-order valence-electron chi connectivity index (χ3n) is 4.35. The van der Waals surface area contributed by atoms with Crippen molar-refractivity contribution in [2.45, 2.75) is 0 Å². The number of hydrazine groups is 1. The van der Waals surface area contributed by atoms with Gasteiger partial charge in [-0.1, -0.05) is 0 Å². The Morgan fingerprint density at radius 2 is 1.37 bits per heavy atom. The predicted molar refractivity (Wildman–Crippen MR) is 97.1 cm³/mol. The molecule has 0 aliphatic carbocycles. The van der Waals surface area contributed by atoms with E-state index in [-0.39, 0.29) is 23.8 Å². The van der Waals surface area contributed by atoms with Crippen molar-refractivity contribution in [1.29, 1.82) is 0 Å². The van der Waals surface area contributed by atoms with Gasteiger partial charge in [-0.15, -0.1) is 0 Å². The summed E-state index contributed by atoms with van der Waals surface area (Å²) in [6.07, 6.45) is 0. The minimum Gasteiger partial charge on any atom is -0.369 e. The fraction of sp³-hybridized carbons (Fsp3) is 0.263. The molecule has 1 heterocycles. The summed E-state index contributed by atoms with van der Waals surface area (Å²) in [5.74, 6) is -1.54. The lowest BCUT2D eigenvalue weighted by Gasteiger charge is -2.35. The van der Waals surface area contributed by atoms with Crippen LogP contribution in [0.3, 0.4) is 0 Å². The van der Waals surface area contributed by atoms with Gasteiger partial charge in [0.1, 0.15) is 11.6 Å². The summed E-state index contributed by atoms with van der Waals surface area (Å²) < 4.78 is 25.8. The number of nitrogens with zero attached hydrogens (tertiary/aromatic N) is 2. The molecule has 1 fully saturated rings. The average Bonchev–Trinajstić information content (AvgIpc) is 2.68. The van der Waals surface area contributed by atoms with Crippen LogP contribution in [-0.4, -0.2) is 49.4 Å². The van der Waals surface area contributed by atoms with Gasteiger partial charge in [-0.25, -0.2) is 8.78 Å². The lowest BCUT2D eigenvalue weighted by atomic mass is 10.2. The quantitative estimate of drug-likeness (QED) is 0.797. The first-order valence-corrected chi connectivity index (χ1v) is 8.59. The van der Waals surface area contributed by atoms with Crippen LogP contribution >= 0.6 is 0 Å². The average molecular weight is 374 g/mol. The maximum Gasteiger partial charge on any atom is 0.269 e. The van der Waals surface area contributed by atoms with Gasteiger partial charge < -0.3 is 4.90 Å².